The molecule has 0 heterocycles. The van der Waals surface area contributed by atoms with Crippen molar-refractivity contribution in [3.05, 3.63) is 29.8 Å². The summed E-state index contributed by atoms with van der Waals surface area (Å²) in [6.45, 7) is 0. The summed E-state index contributed by atoms with van der Waals surface area (Å²) in [5.41, 5.74) is 13.2. The zero-order valence-corrected chi connectivity index (χ0v) is 9.31. The number of nitrogens with zero attached hydrogens (tertiary/aromatic N) is 1. The molecule has 0 aliphatic rings. The van der Waals surface area contributed by atoms with E-state index in [1.54, 1.807) is 24.3 Å². The second-order valence-corrected chi connectivity index (χ2v) is 3.24. The fourth-order valence-corrected chi connectivity index (χ4v) is 1.09. The number of nitrogen functional groups attached to an aromatic ring is 2. The molecule has 0 bridgehead atoms. The first-order valence-corrected chi connectivity index (χ1v) is 4.69. The smallest absolute Gasteiger partial charge is 0.269 e. The second-order valence-electron chi connectivity index (χ2n) is 3.24. The number of hydrogen-bond donors (Lipinski definition) is 2. The Morgan fingerprint density at radius 3 is 2.75 bits per heavy atom. The molecular weight excluding hydrogens is 206 g/mol. The van der Waals surface area contributed by atoms with E-state index in [1.807, 2.05) is 0 Å². The maximum absolute atomic E-state index is 11.4. The molecule has 0 saturated carbocycles. The van der Waals surface area contributed by atoms with Crippen LogP contribution in [-0.2, 0) is 9.63 Å². The lowest BCUT2D eigenvalue weighted by Gasteiger charge is -2.10. The Bertz CT molecular complexity index is 416. The van der Waals surface area contributed by atoms with Crippen molar-refractivity contribution in [3.63, 3.8) is 0 Å². The van der Waals surface area contributed by atoms with Gasteiger partial charge in [0.15, 0.2) is 0 Å². The van der Waals surface area contributed by atoms with Gasteiger partial charge in [0, 0.05) is 24.5 Å². The van der Waals surface area contributed by atoms with Gasteiger partial charge in [0.2, 0.25) is 0 Å². The number of hydroxylamine groups is 2. The van der Waals surface area contributed by atoms with Crippen LogP contribution >= 0.6 is 0 Å². The van der Waals surface area contributed by atoms with Gasteiger partial charge in [-0.25, -0.2) is 5.06 Å². The van der Waals surface area contributed by atoms with Crippen molar-refractivity contribution in [2.45, 2.75) is 0 Å². The van der Waals surface area contributed by atoms with E-state index in [9.17, 15) is 4.79 Å². The normalized spacial score (nSPS) is 10.6. The summed E-state index contributed by atoms with van der Waals surface area (Å²) in [6, 6.07) is 5.10. The molecule has 5 nitrogen and oxygen atoms in total. The van der Waals surface area contributed by atoms with Gasteiger partial charge in [-0.2, -0.15) is 0 Å². The molecule has 0 aromatic heterocycles. The first-order chi connectivity index (χ1) is 7.54. The zero-order valence-electron chi connectivity index (χ0n) is 9.31. The highest BCUT2D eigenvalue weighted by Crippen LogP contribution is 2.16. The first-order valence-electron chi connectivity index (χ1n) is 4.69. The van der Waals surface area contributed by atoms with Gasteiger partial charge in [-0.3, -0.25) is 9.63 Å². The van der Waals surface area contributed by atoms with Gasteiger partial charge in [-0.05, 0) is 29.8 Å². The van der Waals surface area contributed by atoms with Gasteiger partial charge < -0.3 is 11.5 Å². The Balaban J connectivity index is 2.84. The largest absolute Gasteiger partial charge is 0.399 e. The Hall–Kier alpha value is -2.01. The number of carbonyl (C=O) groups excluding carboxylic acids is 1. The zero-order chi connectivity index (χ0) is 12.1. The van der Waals surface area contributed by atoms with Crippen LogP contribution in [0.3, 0.4) is 0 Å². The van der Waals surface area contributed by atoms with Crippen LogP contribution in [0.25, 0.3) is 6.08 Å². The van der Waals surface area contributed by atoms with E-state index in [0.717, 1.165) is 5.06 Å². The quantitative estimate of drug-likeness (QED) is 0.451. The van der Waals surface area contributed by atoms with E-state index in [2.05, 4.69) is 0 Å². The summed E-state index contributed by atoms with van der Waals surface area (Å²) < 4.78 is 0. The summed E-state index contributed by atoms with van der Waals surface area (Å²) in [6.07, 6.45) is 2.97. The first kappa shape index (κ1) is 12.1. The van der Waals surface area contributed by atoms with E-state index in [1.165, 1.54) is 20.2 Å². The molecule has 1 amide bonds. The highest BCUT2D eigenvalue weighted by Gasteiger charge is 2.03. The molecule has 4 N–H and O–H groups in total. The summed E-state index contributed by atoms with van der Waals surface area (Å²) in [5, 5.41) is 1.11. The summed E-state index contributed by atoms with van der Waals surface area (Å²) >= 11 is 0. The Morgan fingerprint density at radius 1 is 1.44 bits per heavy atom. The van der Waals surface area contributed by atoms with Gasteiger partial charge in [0.1, 0.15) is 0 Å². The molecule has 0 spiro atoms. The molecule has 1 aromatic carbocycles. The van der Waals surface area contributed by atoms with E-state index in [4.69, 9.17) is 16.3 Å². The monoisotopic (exact) mass is 221 g/mol. The Kier molecular flexibility index (Phi) is 3.90. The van der Waals surface area contributed by atoms with Crippen LogP contribution in [0, 0.1) is 0 Å². The maximum Gasteiger partial charge on any atom is 0.269 e. The third-order valence-electron chi connectivity index (χ3n) is 2.10. The molecule has 86 valence electrons. The highest BCUT2D eigenvalue weighted by atomic mass is 16.7. The van der Waals surface area contributed by atoms with Crippen LogP contribution in [0.2, 0.25) is 0 Å². The van der Waals surface area contributed by atoms with Crippen LogP contribution in [0.5, 0.6) is 0 Å². The molecule has 0 fully saturated rings. The minimum absolute atomic E-state index is 0.274. The molecule has 16 heavy (non-hydrogen) atoms. The third kappa shape index (κ3) is 2.99. The number of hydrogen-bond acceptors (Lipinski definition) is 4. The molecule has 0 atom stereocenters. The van der Waals surface area contributed by atoms with Gasteiger partial charge in [0.05, 0.1) is 7.11 Å². The molecule has 1 rings (SSSR count). The Labute approximate surface area is 94.2 Å². The van der Waals surface area contributed by atoms with Crippen molar-refractivity contribution < 1.29 is 9.63 Å². The average Bonchev–Trinajstić information content (AvgIpc) is 2.28. The van der Waals surface area contributed by atoms with Crippen molar-refractivity contribution in [1.82, 2.24) is 5.06 Å². The molecule has 0 unspecified atom stereocenters. The topological polar surface area (TPSA) is 81.6 Å². The fourth-order valence-electron chi connectivity index (χ4n) is 1.09. The summed E-state index contributed by atoms with van der Waals surface area (Å²) in [5.74, 6) is -0.274. The van der Waals surface area contributed by atoms with Crippen LogP contribution in [0.15, 0.2) is 24.3 Å². The highest BCUT2D eigenvalue weighted by molar-refractivity contribution is 5.92. The second kappa shape index (κ2) is 5.18. The molecular formula is C11H15N3O2. The van der Waals surface area contributed by atoms with E-state index >= 15 is 0 Å². The predicted molar refractivity (Wildman–Crippen MR) is 64.1 cm³/mol. The standard InChI is InChI=1S/C11H15N3O2/c1-14(16-2)11(15)6-3-8-7-9(12)4-5-10(8)13/h3-7H,12-13H2,1-2H3/b6-3+. The van der Waals surface area contributed by atoms with Crippen LogP contribution in [-0.4, -0.2) is 25.1 Å². The molecule has 0 aliphatic heterocycles. The SMILES string of the molecule is CON(C)C(=O)/C=C/c1cc(N)ccc1N. The number of benzene rings is 1. The van der Waals surface area contributed by atoms with Crippen molar-refractivity contribution in [2.75, 3.05) is 25.6 Å². The van der Waals surface area contributed by atoms with Crippen molar-refractivity contribution >= 4 is 23.4 Å². The number of amides is 1. The minimum atomic E-state index is -0.274. The van der Waals surface area contributed by atoms with Gasteiger partial charge >= 0.3 is 0 Å². The lowest BCUT2D eigenvalue weighted by molar-refractivity contribution is -0.162. The molecule has 0 radical (unpaired) electrons. The van der Waals surface area contributed by atoms with Crippen LogP contribution < -0.4 is 11.5 Å². The average molecular weight is 221 g/mol. The van der Waals surface area contributed by atoms with E-state index < -0.39 is 0 Å². The van der Waals surface area contributed by atoms with Crippen molar-refractivity contribution in [3.8, 4) is 0 Å². The maximum atomic E-state index is 11.4. The third-order valence-corrected chi connectivity index (χ3v) is 2.10. The summed E-state index contributed by atoms with van der Waals surface area (Å²) in [7, 11) is 2.94. The number of likely N-dealkylation sites (N-methyl/N-ethyl adjacent to an activating group) is 1. The number of carbonyl (C=O) groups is 1. The van der Waals surface area contributed by atoms with Crippen molar-refractivity contribution in [1.29, 1.82) is 0 Å². The van der Waals surface area contributed by atoms with E-state index in [-0.39, 0.29) is 5.91 Å². The molecule has 0 aliphatic carbocycles. The number of nitrogens with two attached hydrogens (primary N) is 2. The Morgan fingerprint density at radius 2 is 2.12 bits per heavy atom. The lowest BCUT2D eigenvalue weighted by Crippen LogP contribution is -2.22. The summed E-state index contributed by atoms with van der Waals surface area (Å²) in [4.78, 5) is 16.1. The fraction of sp³-hybridized carbons (Fsp3) is 0.182. The molecule has 1 aromatic rings. The van der Waals surface area contributed by atoms with Gasteiger partial charge in [-0.15, -0.1) is 0 Å². The van der Waals surface area contributed by atoms with Crippen molar-refractivity contribution in [2.24, 2.45) is 0 Å². The van der Waals surface area contributed by atoms with E-state index in [0.29, 0.717) is 16.9 Å². The van der Waals surface area contributed by atoms with Crippen LogP contribution in [0.1, 0.15) is 5.56 Å². The predicted octanol–water partition coefficient (Wildman–Crippen LogP) is 0.884. The lowest BCUT2D eigenvalue weighted by atomic mass is 10.1. The van der Waals surface area contributed by atoms with Gasteiger partial charge in [0.25, 0.3) is 5.91 Å². The molecule has 0 saturated heterocycles. The van der Waals surface area contributed by atoms with Gasteiger partial charge in [-0.1, -0.05) is 0 Å². The minimum Gasteiger partial charge on any atom is -0.399 e. The van der Waals surface area contributed by atoms with Crippen LogP contribution in [0.4, 0.5) is 11.4 Å². The molecule has 5 heteroatoms. The number of anilines is 2. The number of rotatable bonds is 3.